The lowest BCUT2D eigenvalue weighted by Crippen LogP contribution is -2.36. The molecule has 0 bridgehead atoms. The molecular weight excluding hydrogens is 424 g/mol. The molecule has 0 radical (unpaired) electrons. The lowest BCUT2D eigenvalue weighted by molar-refractivity contribution is -0.127. The molecule has 2 N–H and O–H groups in total. The molecule has 0 unspecified atom stereocenters. The third-order valence-electron chi connectivity index (χ3n) is 4.36. The summed E-state index contributed by atoms with van der Waals surface area (Å²) < 4.78 is 15.4. The molecule has 0 aromatic heterocycles. The molecule has 0 atom stereocenters. The fourth-order valence-electron chi connectivity index (χ4n) is 2.87. The van der Waals surface area contributed by atoms with E-state index in [0.717, 1.165) is 4.90 Å². The van der Waals surface area contributed by atoms with Gasteiger partial charge in [0.25, 0.3) is 11.1 Å². The molecule has 162 valence electrons. The van der Waals surface area contributed by atoms with E-state index in [2.05, 4.69) is 5.32 Å². The lowest BCUT2D eigenvalue weighted by atomic mass is 10.1. The second kappa shape index (κ2) is 9.43. The average Bonchev–Trinajstić information content (AvgIpc) is 3.02. The SMILES string of the molecule is COc1ccccc1NC(=O)CN1C(=O)S/C(=C\c2cc(OC)c(O)c(OC)c2)C1=O. The van der Waals surface area contributed by atoms with Gasteiger partial charge in [0, 0.05) is 0 Å². The zero-order chi connectivity index (χ0) is 22.5. The number of phenols is 1. The first-order valence-corrected chi connectivity index (χ1v) is 9.82. The third-order valence-corrected chi connectivity index (χ3v) is 5.26. The molecule has 1 saturated heterocycles. The molecule has 9 nitrogen and oxygen atoms in total. The molecule has 2 aromatic carbocycles. The highest BCUT2D eigenvalue weighted by Gasteiger charge is 2.36. The molecule has 10 heteroatoms. The number of benzene rings is 2. The molecular formula is C21H20N2O7S. The number of para-hydroxylation sites is 2. The fraction of sp³-hybridized carbons (Fsp3) is 0.190. The van der Waals surface area contributed by atoms with Crippen LogP contribution in [-0.4, -0.2) is 54.9 Å². The Hall–Kier alpha value is -3.66. The van der Waals surface area contributed by atoms with Crippen LogP contribution in [0, 0.1) is 0 Å². The fourth-order valence-corrected chi connectivity index (χ4v) is 3.70. The number of phenolic OH excluding ortho intramolecular Hbond substituents is 1. The average molecular weight is 444 g/mol. The zero-order valence-corrected chi connectivity index (χ0v) is 17.8. The molecule has 1 aliphatic rings. The quantitative estimate of drug-likeness (QED) is 0.626. The number of hydrogen-bond donors (Lipinski definition) is 2. The number of anilines is 1. The number of rotatable bonds is 7. The number of carbonyl (C=O) groups is 3. The monoisotopic (exact) mass is 444 g/mol. The van der Waals surface area contributed by atoms with E-state index < -0.39 is 23.6 Å². The first-order valence-electron chi connectivity index (χ1n) is 9.01. The van der Waals surface area contributed by atoms with Crippen molar-refractivity contribution >= 4 is 40.6 Å². The van der Waals surface area contributed by atoms with E-state index in [4.69, 9.17) is 14.2 Å². The lowest BCUT2D eigenvalue weighted by Gasteiger charge is -2.14. The number of nitrogens with zero attached hydrogens (tertiary/aromatic N) is 1. The van der Waals surface area contributed by atoms with Crippen LogP contribution in [0.2, 0.25) is 0 Å². The van der Waals surface area contributed by atoms with Gasteiger partial charge in [0.15, 0.2) is 11.5 Å². The summed E-state index contributed by atoms with van der Waals surface area (Å²) in [6.07, 6.45) is 1.47. The van der Waals surface area contributed by atoms with Crippen molar-refractivity contribution in [1.82, 2.24) is 4.90 Å². The van der Waals surface area contributed by atoms with Gasteiger partial charge in [-0.1, -0.05) is 12.1 Å². The topological polar surface area (TPSA) is 114 Å². The minimum Gasteiger partial charge on any atom is -0.502 e. The Kier molecular flexibility index (Phi) is 6.71. The molecule has 0 spiro atoms. The second-order valence-electron chi connectivity index (χ2n) is 6.29. The first-order chi connectivity index (χ1) is 14.9. The number of aromatic hydroxyl groups is 1. The zero-order valence-electron chi connectivity index (χ0n) is 17.0. The van der Waals surface area contributed by atoms with E-state index in [9.17, 15) is 19.5 Å². The second-order valence-corrected chi connectivity index (χ2v) is 7.28. The number of amides is 3. The van der Waals surface area contributed by atoms with Crippen LogP contribution >= 0.6 is 11.8 Å². The van der Waals surface area contributed by atoms with Crippen LogP contribution in [0.25, 0.3) is 6.08 Å². The number of nitrogens with one attached hydrogen (secondary N) is 1. The van der Waals surface area contributed by atoms with Crippen LogP contribution < -0.4 is 19.5 Å². The highest BCUT2D eigenvalue weighted by atomic mass is 32.2. The van der Waals surface area contributed by atoms with Gasteiger partial charge in [0.05, 0.1) is 31.9 Å². The van der Waals surface area contributed by atoms with Gasteiger partial charge in [-0.3, -0.25) is 19.3 Å². The summed E-state index contributed by atoms with van der Waals surface area (Å²) in [6, 6.07) is 9.80. The van der Waals surface area contributed by atoms with Crippen molar-refractivity contribution in [3.05, 3.63) is 46.9 Å². The summed E-state index contributed by atoms with van der Waals surface area (Å²) in [5.74, 6) is -0.553. The van der Waals surface area contributed by atoms with Gasteiger partial charge in [0.1, 0.15) is 12.3 Å². The Morgan fingerprint density at radius 2 is 1.68 bits per heavy atom. The van der Waals surface area contributed by atoms with Gasteiger partial charge in [-0.05, 0) is 47.7 Å². The van der Waals surface area contributed by atoms with E-state index in [0.29, 0.717) is 28.8 Å². The van der Waals surface area contributed by atoms with Crippen molar-refractivity contribution in [3.63, 3.8) is 0 Å². The molecule has 1 aliphatic heterocycles. The summed E-state index contributed by atoms with van der Waals surface area (Å²) in [5.41, 5.74) is 0.913. The van der Waals surface area contributed by atoms with E-state index in [1.165, 1.54) is 39.5 Å². The van der Waals surface area contributed by atoms with Crippen molar-refractivity contribution < 1.29 is 33.7 Å². The van der Waals surface area contributed by atoms with Gasteiger partial charge in [-0.2, -0.15) is 0 Å². The maximum Gasteiger partial charge on any atom is 0.294 e. The minimum absolute atomic E-state index is 0.130. The van der Waals surface area contributed by atoms with Crippen molar-refractivity contribution in [2.24, 2.45) is 0 Å². The Labute approximate surface area is 182 Å². The summed E-state index contributed by atoms with van der Waals surface area (Å²) in [4.78, 5) is 38.4. The summed E-state index contributed by atoms with van der Waals surface area (Å²) in [5, 5.41) is 12.1. The molecule has 1 fully saturated rings. The van der Waals surface area contributed by atoms with E-state index in [1.807, 2.05) is 0 Å². The molecule has 0 aliphatic carbocycles. The van der Waals surface area contributed by atoms with Crippen LogP contribution in [0.4, 0.5) is 10.5 Å². The van der Waals surface area contributed by atoms with Crippen molar-refractivity contribution in [3.8, 4) is 23.0 Å². The number of methoxy groups -OCH3 is 3. The standard InChI is InChI=1S/C21H20N2O7S/c1-28-14-7-5-4-6-13(14)22-18(24)11-23-20(26)17(31-21(23)27)10-12-8-15(29-2)19(25)16(9-12)30-3/h4-10,25H,11H2,1-3H3,(H,22,24)/b17-10-. The normalized spacial score (nSPS) is 14.7. The summed E-state index contributed by atoms with van der Waals surface area (Å²) >= 11 is 0.713. The van der Waals surface area contributed by atoms with Crippen LogP contribution in [-0.2, 0) is 9.59 Å². The number of hydrogen-bond acceptors (Lipinski definition) is 8. The Morgan fingerprint density at radius 1 is 1.06 bits per heavy atom. The number of carbonyl (C=O) groups excluding carboxylic acids is 3. The van der Waals surface area contributed by atoms with Crippen molar-refractivity contribution in [2.75, 3.05) is 33.2 Å². The maximum absolute atomic E-state index is 12.7. The Bertz CT molecular complexity index is 1040. The highest BCUT2D eigenvalue weighted by molar-refractivity contribution is 8.18. The van der Waals surface area contributed by atoms with Gasteiger partial charge >= 0.3 is 0 Å². The highest BCUT2D eigenvalue weighted by Crippen LogP contribution is 2.39. The molecule has 1 heterocycles. The van der Waals surface area contributed by atoms with Crippen molar-refractivity contribution in [2.45, 2.75) is 0 Å². The first kappa shape index (κ1) is 22.0. The molecule has 3 rings (SSSR count). The molecule has 31 heavy (non-hydrogen) atoms. The smallest absolute Gasteiger partial charge is 0.294 e. The number of imide groups is 1. The van der Waals surface area contributed by atoms with Gasteiger partial charge in [0.2, 0.25) is 11.7 Å². The van der Waals surface area contributed by atoms with Crippen LogP contribution in [0.15, 0.2) is 41.3 Å². The van der Waals surface area contributed by atoms with E-state index >= 15 is 0 Å². The van der Waals surface area contributed by atoms with Gasteiger partial charge < -0.3 is 24.6 Å². The Morgan fingerprint density at radius 3 is 2.29 bits per heavy atom. The Balaban J connectivity index is 1.77. The van der Waals surface area contributed by atoms with Gasteiger partial charge in [-0.25, -0.2) is 0 Å². The summed E-state index contributed by atoms with van der Waals surface area (Å²) in [7, 11) is 4.23. The van der Waals surface area contributed by atoms with E-state index in [-0.39, 0.29) is 22.2 Å². The maximum atomic E-state index is 12.7. The predicted octanol–water partition coefficient (Wildman–Crippen LogP) is 3.09. The van der Waals surface area contributed by atoms with Crippen LogP contribution in [0.3, 0.4) is 0 Å². The minimum atomic E-state index is -0.601. The predicted molar refractivity (Wildman–Crippen MR) is 116 cm³/mol. The van der Waals surface area contributed by atoms with Crippen molar-refractivity contribution in [1.29, 1.82) is 0 Å². The van der Waals surface area contributed by atoms with E-state index in [1.54, 1.807) is 24.3 Å². The summed E-state index contributed by atoms with van der Waals surface area (Å²) in [6.45, 7) is -0.442. The number of thioether (sulfide) groups is 1. The molecule has 0 saturated carbocycles. The van der Waals surface area contributed by atoms with Crippen LogP contribution in [0.1, 0.15) is 5.56 Å². The third kappa shape index (κ3) is 4.75. The van der Waals surface area contributed by atoms with Gasteiger partial charge in [-0.15, -0.1) is 0 Å². The largest absolute Gasteiger partial charge is 0.502 e. The molecule has 3 amide bonds. The van der Waals surface area contributed by atoms with Crippen LogP contribution in [0.5, 0.6) is 23.0 Å². The number of ether oxygens (including phenoxy) is 3. The molecule has 2 aromatic rings.